The van der Waals surface area contributed by atoms with Crippen molar-refractivity contribution in [3.63, 3.8) is 0 Å². The summed E-state index contributed by atoms with van der Waals surface area (Å²) in [6, 6.07) is 0. The molecule has 0 aromatic carbocycles. The van der Waals surface area contributed by atoms with Crippen LogP contribution in [0.1, 0.15) is 54.9 Å². The number of allylic oxidation sites excluding steroid dienone is 15. The van der Waals surface area contributed by atoms with Gasteiger partial charge in [-0.25, -0.2) is 0 Å². The molecule has 0 rings (SSSR count). The Bertz CT molecular complexity index is 733. The Morgan fingerprint density at radius 3 is 1.47 bits per heavy atom. The van der Waals surface area contributed by atoms with Gasteiger partial charge in [-0.1, -0.05) is 110 Å². The predicted molar refractivity (Wildman–Crippen MR) is 138 cm³/mol. The van der Waals surface area contributed by atoms with Crippen LogP contribution < -0.4 is 0 Å². The fourth-order valence-corrected chi connectivity index (χ4v) is 2.17. The van der Waals surface area contributed by atoms with Gasteiger partial charge in [0.1, 0.15) is 11.5 Å². The van der Waals surface area contributed by atoms with Gasteiger partial charge in [0, 0.05) is 11.1 Å². The third-order valence-electron chi connectivity index (χ3n) is 3.46. The molecule has 2 nitrogen and oxygen atoms in total. The van der Waals surface area contributed by atoms with Crippen molar-refractivity contribution in [3.05, 3.63) is 120 Å². The maximum absolute atomic E-state index is 10.7. The first-order valence-corrected chi connectivity index (χ1v) is 10.1. The number of aliphatic hydroxyl groups is 2. The van der Waals surface area contributed by atoms with Gasteiger partial charge in [0.15, 0.2) is 0 Å². The van der Waals surface area contributed by atoms with E-state index in [1.807, 2.05) is 65.0 Å². The Morgan fingerprint density at radius 2 is 1.13 bits per heavy atom. The molecule has 0 heterocycles. The van der Waals surface area contributed by atoms with Crippen molar-refractivity contribution in [2.24, 2.45) is 0 Å². The highest BCUT2D eigenvalue weighted by molar-refractivity contribution is 5.64. The normalized spacial score (nSPS) is 13.2. The largest absolute Gasteiger partial charge is 0.507 e. The lowest BCUT2D eigenvalue weighted by Gasteiger charge is -2.16. The summed E-state index contributed by atoms with van der Waals surface area (Å²) in [7, 11) is 0. The topological polar surface area (TPSA) is 40.5 Å². The SMILES string of the molecule is C.C=C/C=C\C(=C)C(=C(O)\C=C/CC)/C(C(=C)/C=C\C=C/C)=C(O)/C=C\CC.CC. The smallest absolute Gasteiger partial charge is 0.123 e. The summed E-state index contributed by atoms with van der Waals surface area (Å²) >= 11 is 0. The standard InChI is InChI=1S/C25H32O2.C2H6.CH4/c1-7-11-15-17-21(6)25(23(27)19-14-10-4)24(20(5)16-12-8-2)22(26)18-13-9-3;1-2;/h7-8,11-19,26-27H,2,5-6,9-10H2,1,3-4H3;1-2H3;1H4/b11-7-,16-12-,17-15-,18-13-,19-14-,24-22-,25-23-;;. The predicted octanol–water partition coefficient (Wildman–Crippen LogP) is 9.19. The molecule has 0 saturated heterocycles. The van der Waals surface area contributed by atoms with Gasteiger partial charge in [-0.2, -0.15) is 0 Å². The Labute approximate surface area is 185 Å². The third kappa shape index (κ3) is 12.5. The molecule has 0 atom stereocenters. The highest BCUT2D eigenvalue weighted by atomic mass is 16.3. The first-order valence-electron chi connectivity index (χ1n) is 10.1. The molecule has 0 spiro atoms. The zero-order valence-corrected chi connectivity index (χ0v) is 18.8. The van der Waals surface area contributed by atoms with Crippen molar-refractivity contribution in [2.75, 3.05) is 0 Å². The lowest BCUT2D eigenvalue weighted by molar-refractivity contribution is 0.417. The van der Waals surface area contributed by atoms with E-state index in [-0.39, 0.29) is 18.9 Å². The van der Waals surface area contributed by atoms with Crippen LogP contribution in [0.25, 0.3) is 0 Å². The second kappa shape index (κ2) is 20.7. The molecule has 0 aromatic heterocycles. The molecule has 30 heavy (non-hydrogen) atoms. The van der Waals surface area contributed by atoms with Crippen LogP contribution in [0, 0.1) is 0 Å². The molecule has 0 aliphatic rings. The average molecular weight is 411 g/mol. The first-order chi connectivity index (χ1) is 13.9. The zero-order chi connectivity index (χ0) is 22.7. The van der Waals surface area contributed by atoms with E-state index in [4.69, 9.17) is 0 Å². The maximum Gasteiger partial charge on any atom is 0.123 e. The van der Waals surface area contributed by atoms with E-state index in [0.717, 1.165) is 12.8 Å². The van der Waals surface area contributed by atoms with Crippen LogP contribution in [-0.2, 0) is 0 Å². The minimum absolute atomic E-state index is 0. The van der Waals surface area contributed by atoms with E-state index in [2.05, 4.69) is 19.7 Å². The lowest BCUT2D eigenvalue weighted by atomic mass is 9.90. The summed E-state index contributed by atoms with van der Waals surface area (Å²) in [6.07, 6.45) is 20.9. The first kappa shape index (κ1) is 31.7. The summed E-state index contributed by atoms with van der Waals surface area (Å²) in [6.45, 7) is 21.7. The summed E-state index contributed by atoms with van der Waals surface area (Å²) in [5.41, 5.74) is 1.95. The van der Waals surface area contributed by atoms with Crippen molar-refractivity contribution >= 4 is 0 Å². The van der Waals surface area contributed by atoms with Crippen molar-refractivity contribution < 1.29 is 10.2 Å². The summed E-state index contributed by atoms with van der Waals surface area (Å²) in [5.74, 6) is 0.0363. The summed E-state index contributed by atoms with van der Waals surface area (Å²) in [4.78, 5) is 0. The maximum atomic E-state index is 10.7. The molecule has 0 fully saturated rings. The van der Waals surface area contributed by atoms with Crippen LogP contribution in [0.4, 0.5) is 0 Å². The molecule has 0 saturated carbocycles. The van der Waals surface area contributed by atoms with E-state index >= 15 is 0 Å². The van der Waals surface area contributed by atoms with E-state index in [0.29, 0.717) is 22.3 Å². The number of hydrogen-bond donors (Lipinski definition) is 2. The summed E-state index contributed by atoms with van der Waals surface area (Å²) in [5, 5.41) is 21.4. The van der Waals surface area contributed by atoms with Crippen LogP contribution >= 0.6 is 0 Å². The molecule has 0 radical (unpaired) electrons. The average Bonchev–Trinajstić information content (AvgIpc) is 2.73. The Morgan fingerprint density at radius 1 is 0.733 bits per heavy atom. The fourth-order valence-electron chi connectivity index (χ4n) is 2.17. The molecule has 0 aliphatic carbocycles. The van der Waals surface area contributed by atoms with E-state index in [9.17, 15) is 10.2 Å². The fraction of sp³-hybridized carbons (Fsp3) is 0.286. The van der Waals surface area contributed by atoms with Crippen molar-refractivity contribution in [2.45, 2.75) is 54.9 Å². The number of rotatable bonds is 11. The van der Waals surface area contributed by atoms with Crippen LogP contribution in [0.5, 0.6) is 0 Å². The van der Waals surface area contributed by atoms with Gasteiger partial charge >= 0.3 is 0 Å². The van der Waals surface area contributed by atoms with Crippen molar-refractivity contribution in [1.29, 1.82) is 0 Å². The third-order valence-corrected chi connectivity index (χ3v) is 3.46. The van der Waals surface area contributed by atoms with Crippen LogP contribution in [0.3, 0.4) is 0 Å². The highest BCUT2D eigenvalue weighted by Gasteiger charge is 2.18. The van der Waals surface area contributed by atoms with Gasteiger partial charge in [0.25, 0.3) is 0 Å². The Kier molecular flexibility index (Phi) is 21.9. The van der Waals surface area contributed by atoms with Gasteiger partial charge in [-0.3, -0.25) is 0 Å². The number of hydrogen-bond acceptors (Lipinski definition) is 2. The Balaban J connectivity index is -0.00000235. The number of aliphatic hydroxyl groups excluding tert-OH is 2. The molecule has 166 valence electrons. The Hall–Kier alpha value is -3.00. The lowest BCUT2D eigenvalue weighted by Crippen LogP contribution is -2.02. The molecular formula is C28H42O2. The molecule has 0 aliphatic heterocycles. The monoisotopic (exact) mass is 410 g/mol. The second-order valence-electron chi connectivity index (χ2n) is 5.67. The van der Waals surface area contributed by atoms with E-state index in [1.165, 1.54) is 0 Å². The van der Waals surface area contributed by atoms with Gasteiger partial charge < -0.3 is 10.2 Å². The van der Waals surface area contributed by atoms with Gasteiger partial charge in [-0.05, 0) is 43.1 Å². The van der Waals surface area contributed by atoms with Crippen LogP contribution in [0.2, 0.25) is 0 Å². The van der Waals surface area contributed by atoms with Crippen LogP contribution in [0.15, 0.2) is 120 Å². The second-order valence-corrected chi connectivity index (χ2v) is 5.67. The quantitative estimate of drug-likeness (QED) is 0.263. The minimum atomic E-state index is 0. The van der Waals surface area contributed by atoms with Crippen LogP contribution in [-0.4, -0.2) is 10.2 Å². The minimum Gasteiger partial charge on any atom is -0.507 e. The zero-order valence-electron chi connectivity index (χ0n) is 18.8. The van der Waals surface area contributed by atoms with E-state index < -0.39 is 0 Å². The molecule has 0 unspecified atom stereocenters. The van der Waals surface area contributed by atoms with Crippen molar-refractivity contribution in [1.82, 2.24) is 0 Å². The molecule has 2 N–H and O–H groups in total. The van der Waals surface area contributed by atoms with Gasteiger partial charge in [-0.15, -0.1) is 0 Å². The van der Waals surface area contributed by atoms with Crippen molar-refractivity contribution in [3.8, 4) is 0 Å². The van der Waals surface area contributed by atoms with Gasteiger partial charge in [0.05, 0.1) is 0 Å². The molecular weight excluding hydrogens is 368 g/mol. The molecule has 2 heteroatoms. The summed E-state index contributed by atoms with van der Waals surface area (Å²) < 4.78 is 0. The molecule has 0 aromatic rings. The van der Waals surface area contributed by atoms with E-state index in [1.54, 1.807) is 36.5 Å². The molecule has 0 bridgehead atoms. The van der Waals surface area contributed by atoms with Gasteiger partial charge in [0.2, 0.25) is 0 Å². The highest BCUT2D eigenvalue weighted by Crippen LogP contribution is 2.31. The molecule has 0 amide bonds.